The standard InChI is InChI=1S/C12H14N2O3/c15-11(10-6-3-7-13-10)14-9-5-2-1-4-8(9)12(16)17/h1-2,4-5,10,13H,3,6-7H2,(H,14,15)(H,16,17)/t10-/m1/s1. The fourth-order valence-electron chi connectivity index (χ4n) is 1.91. The summed E-state index contributed by atoms with van der Waals surface area (Å²) in [6, 6.07) is 6.18. The van der Waals surface area contributed by atoms with Gasteiger partial charge in [-0.1, -0.05) is 12.1 Å². The lowest BCUT2D eigenvalue weighted by Gasteiger charge is -2.12. The lowest BCUT2D eigenvalue weighted by Crippen LogP contribution is -2.35. The van der Waals surface area contributed by atoms with Crippen LogP contribution < -0.4 is 10.6 Å². The van der Waals surface area contributed by atoms with Crippen molar-refractivity contribution < 1.29 is 14.7 Å². The van der Waals surface area contributed by atoms with Gasteiger partial charge in [-0.2, -0.15) is 0 Å². The monoisotopic (exact) mass is 234 g/mol. The molecule has 1 aliphatic heterocycles. The van der Waals surface area contributed by atoms with Crippen molar-refractivity contribution in [3.05, 3.63) is 29.8 Å². The minimum atomic E-state index is -1.04. The number of carbonyl (C=O) groups excluding carboxylic acids is 1. The van der Waals surface area contributed by atoms with Gasteiger partial charge >= 0.3 is 5.97 Å². The molecule has 0 aliphatic carbocycles. The molecular formula is C12H14N2O3. The molecule has 0 radical (unpaired) electrons. The summed E-state index contributed by atoms with van der Waals surface area (Å²) in [5.41, 5.74) is 0.456. The van der Waals surface area contributed by atoms with E-state index < -0.39 is 5.97 Å². The Bertz CT molecular complexity index is 439. The van der Waals surface area contributed by atoms with E-state index in [2.05, 4.69) is 10.6 Å². The molecule has 0 saturated carbocycles. The topological polar surface area (TPSA) is 78.4 Å². The van der Waals surface area contributed by atoms with Crippen LogP contribution in [0.5, 0.6) is 0 Å². The molecule has 1 aromatic rings. The van der Waals surface area contributed by atoms with Crippen molar-refractivity contribution in [3.63, 3.8) is 0 Å². The van der Waals surface area contributed by atoms with E-state index in [9.17, 15) is 9.59 Å². The molecule has 5 heteroatoms. The van der Waals surface area contributed by atoms with Gasteiger partial charge in [0.2, 0.25) is 5.91 Å². The molecule has 17 heavy (non-hydrogen) atoms. The molecule has 2 rings (SSSR count). The second kappa shape index (κ2) is 4.97. The number of carboxylic acids is 1. The van der Waals surface area contributed by atoms with Gasteiger partial charge in [0.25, 0.3) is 0 Å². The number of benzene rings is 1. The first-order chi connectivity index (χ1) is 8.18. The maximum Gasteiger partial charge on any atom is 0.337 e. The van der Waals surface area contributed by atoms with Crippen molar-refractivity contribution in [2.45, 2.75) is 18.9 Å². The van der Waals surface area contributed by atoms with Crippen molar-refractivity contribution in [2.75, 3.05) is 11.9 Å². The molecule has 1 amide bonds. The lowest BCUT2D eigenvalue weighted by molar-refractivity contribution is -0.117. The number of hydrogen-bond donors (Lipinski definition) is 3. The van der Waals surface area contributed by atoms with E-state index in [4.69, 9.17) is 5.11 Å². The van der Waals surface area contributed by atoms with Gasteiger partial charge in [-0.15, -0.1) is 0 Å². The average molecular weight is 234 g/mol. The van der Waals surface area contributed by atoms with Crippen molar-refractivity contribution in [3.8, 4) is 0 Å². The highest BCUT2D eigenvalue weighted by molar-refractivity contribution is 6.02. The van der Waals surface area contributed by atoms with Crippen LogP contribution in [0.25, 0.3) is 0 Å². The molecule has 1 aliphatic rings. The number of rotatable bonds is 3. The maximum atomic E-state index is 11.8. The number of nitrogens with one attached hydrogen (secondary N) is 2. The van der Waals surface area contributed by atoms with E-state index in [0.29, 0.717) is 5.69 Å². The van der Waals surface area contributed by atoms with Crippen molar-refractivity contribution in [1.29, 1.82) is 0 Å². The van der Waals surface area contributed by atoms with E-state index in [1.54, 1.807) is 18.2 Å². The van der Waals surface area contributed by atoms with Crippen LogP contribution >= 0.6 is 0 Å². The van der Waals surface area contributed by atoms with Crippen LogP contribution in [0.4, 0.5) is 5.69 Å². The molecule has 5 nitrogen and oxygen atoms in total. The Hall–Kier alpha value is -1.88. The molecule has 0 unspecified atom stereocenters. The van der Waals surface area contributed by atoms with E-state index in [1.165, 1.54) is 6.07 Å². The van der Waals surface area contributed by atoms with Gasteiger partial charge in [-0.3, -0.25) is 4.79 Å². The number of aromatic carboxylic acids is 1. The Kier molecular flexibility index (Phi) is 3.39. The molecule has 0 bridgehead atoms. The third-order valence-corrected chi connectivity index (χ3v) is 2.79. The van der Waals surface area contributed by atoms with Gasteiger partial charge in [0.15, 0.2) is 0 Å². The van der Waals surface area contributed by atoms with E-state index in [1.807, 2.05) is 0 Å². The summed E-state index contributed by atoms with van der Waals surface area (Å²) in [5, 5.41) is 14.7. The van der Waals surface area contributed by atoms with Crippen LogP contribution in [0.2, 0.25) is 0 Å². The van der Waals surface area contributed by atoms with Gasteiger partial charge < -0.3 is 15.7 Å². The Morgan fingerprint density at radius 2 is 2.12 bits per heavy atom. The number of amides is 1. The predicted octanol–water partition coefficient (Wildman–Crippen LogP) is 1.08. The largest absolute Gasteiger partial charge is 0.478 e. The van der Waals surface area contributed by atoms with Crippen LogP contribution in [-0.4, -0.2) is 29.6 Å². The Balaban J connectivity index is 2.12. The molecule has 0 aromatic heterocycles. The molecule has 0 spiro atoms. The molecular weight excluding hydrogens is 220 g/mol. The quantitative estimate of drug-likeness (QED) is 0.731. The summed E-state index contributed by atoms with van der Waals surface area (Å²) in [6.07, 6.45) is 1.76. The fraction of sp³-hybridized carbons (Fsp3) is 0.333. The van der Waals surface area contributed by atoms with Crippen LogP contribution in [0, 0.1) is 0 Å². The van der Waals surface area contributed by atoms with Crippen LogP contribution in [0.1, 0.15) is 23.2 Å². The van der Waals surface area contributed by atoms with Gasteiger partial charge in [-0.25, -0.2) is 4.79 Å². The smallest absolute Gasteiger partial charge is 0.337 e. The Morgan fingerprint density at radius 3 is 2.76 bits per heavy atom. The third-order valence-electron chi connectivity index (χ3n) is 2.79. The maximum absolute atomic E-state index is 11.8. The number of carboxylic acid groups (broad SMARTS) is 1. The molecule has 1 aromatic carbocycles. The van der Waals surface area contributed by atoms with Crippen LogP contribution in [0.15, 0.2) is 24.3 Å². The van der Waals surface area contributed by atoms with Gasteiger partial charge in [-0.05, 0) is 31.5 Å². The second-order valence-electron chi connectivity index (χ2n) is 3.99. The first-order valence-electron chi connectivity index (χ1n) is 5.55. The van der Waals surface area contributed by atoms with Gasteiger partial charge in [0, 0.05) is 0 Å². The number of carbonyl (C=O) groups is 2. The average Bonchev–Trinajstić information content (AvgIpc) is 2.83. The number of hydrogen-bond acceptors (Lipinski definition) is 3. The summed E-state index contributed by atoms with van der Waals surface area (Å²) in [7, 11) is 0. The highest BCUT2D eigenvalue weighted by Crippen LogP contribution is 2.16. The zero-order valence-corrected chi connectivity index (χ0v) is 9.27. The van der Waals surface area contributed by atoms with E-state index in [-0.39, 0.29) is 17.5 Å². The van der Waals surface area contributed by atoms with Gasteiger partial charge in [0.05, 0.1) is 17.3 Å². The zero-order chi connectivity index (χ0) is 12.3. The third kappa shape index (κ3) is 2.62. The van der Waals surface area contributed by atoms with Crippen molar-refractivity contribution in [2.24, 2.45) is 0 Å². The molecule has 3 N–H and O–H groups in total. The lowest BCUT2D eigenvalue weighted by atomic mass is 10.1. The van der Waals surface area contributed by atoms with E-state index >= 15 is 0 Å². The minimum absolute atomic E-state index is 0.110. The summed E-state index contributed by atoms with van der Waals surface area (Å²) < 4.78 is 0. The Labute approximate surface area is 98.8 Å². The first-order valence-corrected chi connectivity index (χ1v) is 5.55. The van der Waals surface area contributed by atoms with Gasteiger partial charge in [0.1, 0.15) is 0 Å². The molecule has 1 saturated heterocycles. The summed E-state index contributed by atoms with van der Waals surface area (Å²) in [5.74, 6) is -1.21. The van der Waals surface area contributed by atoms with Crippen molar-refractivity contribution in [1.82, 2.24) is 5.32 Å². The highest BCUT2D eigenvalue weighted by atomic mass is 16.4. The molecule has 1 heterocycles. The first kappa shape index (κ1) is 11.6. The van der Waals surface area contributed by atoms with E-state index in [0.717, 1.165) is 19.4 Å². The predicted molar refractivity (Wildman–Crippen MR) is 63.1 cm³/mol. The normalized spacial score (nSPS) is 18.9. The molecule has 1 atom stereocenters. The molecule has 90 valence electrons. The van der Waals surface area contributed by atoms with Crippen LogP contribution in [0.3, 0.4) is 0 Å². The Morgan fingerprint density at radius 1 is 1.35 bits per heavy atom. The summed E-state index contributed by atoms with van der Waals surface area (Å²) in [4.78, 5) is 22.8. The second-order valence-corrected chi connectivity index (χ2v) is 3.99. The van der Waals surface area contributed by atoms with Crippen molar-refractivity contribution >= 4 is 17.6 Å². The summed E-state index contributed by atoms with van der Waals surface area (Å²) in [6.45, 7) is 0.832. The number of para-hydroxylation sites is 1. The molecule has 1 fully saturated rings. The zero-order valence-electron chi connectivity index (χ0n) is 9.27. The highest BCUT2D eigenvalue weighted by Gasteiger charge is 2.23. The summed E-state index contributed by atoms with van der Waals surface area (Å²) >= 11 is 0. The fourth-order valence-corrected chi connectivity index (χ4v) is 1.91. The van der Waals surface area contributed by atoms with Crippen LogP contribution in [-0.2, 0) is 4.79 Å². The number of anilines is 1. The minimum Gasteiger partial charge on any atom is -0.478 e. The SMILES string of the molecule is O=C(O)c1ccccc1NC(=O)[C@H]1CCCN1.